The van der Waals surface area contributed by atoms with Crippen molar-refractivity contribution in [3.05, 3.63) is 72.8 Å². The molecule has 0 saturated heterocycles. The number of fused-ring (bicyclic) bond motifs is 2. The summed E-state index contributed by atoms with van der Waals surface area (Å²) in [6, 6.07) is 18.8. The molecule has 0 aliphatic heterocycles. The standard InChI is InChI=1S/C23H13F7OS/c24-21(25,22(26,27)28)23(29,30)31-17-11-9-13-5-1-3-7-15(13)19(17)20-16-8-4-2-6-14(16)10-12-18(20)32/h1-12,32H. The minimum Gasteiger partial charge on any atom is -0.427 e. The third kappa shape index (κ3) is 3.54. The van der Waals surface area contributed by atoms with Gasteiger partial charge in [-0.3, -0.25) is 0 Å². The number of thiol groups is 1. The first-order valence-electron chi connectivity index (χ1n) is 9.18. The van der Waals surface area contributed by atoms with Gasteiger partial charge < -0.3 is 4.74 Å². The molecule has 32 heavy (non-hydrogen) atoms. The first kappa shape index (κ1) is 22.3. The Balaban J connectivity index is 2.03. The van der Waals surface area contributed by atoms with E-state index in [0.29, 0.717) is 26.4 Å². The number of ether oxygens (including phenoxy) is 1. The molecular formula is C23H13F7OS. The van der Waals surface area contributed by atoms with Crippen molar-refractivity contribution in [3.63, 3.8) is 0 Å². The van der Waals surface area contributed by atoms with Gasteiger partial charge in [-0.1, -0.05) is 60.7 Å². The lowest BCUT2D eigenvalue weighted by molar-refractivity contribution is -0.402. The van der Waals surface area contributed by atoms with E-state index in [4.69, 9.17) is 0 Å². The molecule has 4 aromatic carbocycles. The summed E-state index contributed by atoms with van der Waals surface area (Å²) in [5, 5.41) is 2.09. The van der Waals surface area contributed by atoms with E-state index in [1.807, 2.05) is 0 Å². The van der Waals surface area contributed by atoms with Crippen LogP contribution in [-0.2, 0) is 0 Å². The largest absolute Gasteiger partial charge is 0.474 e. The second-order valence-corrected chi connectivity index (χ2v) is 7.51. The highest BCUT2D eigenvalue weighted by Crippen LogP contribution is 2.50. The third-order valence-corrected chi connectivity index (χ3v) is 5.38. The van der Waals surface area contributed by atoms with Crippen LogP contribution in [0.25, 0.3) is 32.7 Å². The summed E-state index contributed by atoms with van der Waals surface area (Å²) in [5.41, 5.74) is 0.201. The molecule has 0 radical (unpaired) electrons. The summed E-state index contributed by atoms with van der Waals surface area (Å²) in [7, 11) is 0. The summed E-state index contributed by atoms with van der Waals surface area (Å²) in [4.78, 5) is 0.302. The van der Waals surface area contributed by atoms with Gasteiger partial charge in [-0.25, -0.2) is 0 Å². The van der Waals surface area contributed by atoms with Gasteiger partial charge >= 0.3 is 18.2 Å². The van der Waals surface area contributed by atoms with Crippen molar-refractivity contribution in [3.8, 4) is 16.9 Å². The number of benzene rings is 4. The van der Waals surface area contributed by atoms with Gasteiger partial charge in [-0.05, 0) is 33.7 Å². The van der Waals surface area contributed by atoms with Crippen LogP contribution in [0.2, 0.25) is 0 Å². The van der Waals surface area contributed by atoms with Gasteiger partial charge in [0.05, 0.1) is 0 Å². The van der Waals surface area contributed by atoms with Gasteiger partial charge in [0.1, 0.15) is 5.75 Å². The highest BCUT2D eigenvalue weighted by molar-refractivity contribution is 7.80. The molecule has 0 aliphatic carbocycles. The van der Waals surface area contributed by atoms with E-state index in [0.717, 1.165) is 6.07 Å². The Morgan fingerprint density at radius 2 is 1.09 bits per heavy atom. The van der Waals surface area contributed by atoms with E-state index in [1.54, 1.807) is 54.6 Å². The summed E-state index contributed by atoms with van der Waals surface area (Å²) >= 11 is 4.40. The monoisotopic (exact) mass is 470 g/mol. The molecule has 0 fully saturated rings. The van der Waals surface area contributed by atoms with Crippen LogP contribution in [-0.4, -0.2) is 18.2 Å². The minimum absolute atomic E-state index is 0.0671. The predicted octanol–water partition coefficient (Wildman–Crippen LogP) is 8.12. The van der Waals surface area contributed by atoms with E-state index in [2.05, 4.69) is 17.4 Å². The molecule has 0 saturated carbocycles. The average molecular weight is 470 g/mol. The molecule has 0 heterocycles. The van der Waals surface area contributed by atoms with Gasteiger partial charge in [0.15, 0.2) is 0 Å². The zero-order chi connectivity index (χ0) is 23.3. The normalized spacial score (nSPS) is 13.0. The summed E-state index contributed by atoms with van der Waals surface area (Å²) in [5.74, 6) is -7.24. The molecule has 1 nitrogen and oxygen atoms in total. The van der Waals surface area contributed by atoms with Gasteiger partial charge in [-0.15, -0.1) is 12.6 Å². The Kier molecular flexibility index (Phi) is 5.27. The van der Waals surface area contributed by atoms with Crippen molar-refractivity contribution in [2.45, 2.75) is 23.1 Å². The van der Waals surface area contributed by atoms with Crippen LogP contribution >= 0.6 is 12.6 Å². The molecule has 4 rings (SSSR count). The minimum atomic E-state index is -6.51. The molecule has 4 aromatic rings. The topological polar surface area (TPSA) is 9.23 Å². The number of halogens is 7. The fourth-order valence-corrected chi connectivity index (χ4v) is 3.79. The van der Waals surface area contributed by atoms with Crippen LogP contribution in [0, 0.1) is 0 Å². The SMILES string of the molecule is FC(F)(F)C(F)(F)C(F)(F)Oc1ccc2ccccc2c1-c1c(S)ccc2ccccc12. The van der Waals surface area contributed by atoms with E-state index < -0.39 is 24.0 Å². The predicted molar refractivity (Wildman–Crippen MR) is 111 cm³/mol. The zero-order valence-electron chi connectivity index (χ0n) is 15.9. The van der Waals surface area contributed by atoms with Crippen molar-refractivity contribution in [1.29, 1.82) is 0 Å². The molecule has 166 valence electrons. The van der Waals surface area contributed by atoms with Crippen molar-refractivity contribution >= 4 is 34.2 Å². The summed E-state index contributed by atoms with van der Waals surface area (Å²) in [6.07, 6.45) is -12.4. The number of hydrogen-bond acceptors (Lipinski definition) is 2. The Morgan fingerprint density at radius 3 is 1.66 bits per heavy atom. The van der Waals surface area contributed by atoms with Crippen LogP contribution in [0.4, 0.5) is 30.7 Å². The maximum absolute atomic E-state index is 14.2. The highest BCUT2D eigenvalue weighted by atomic mass is 32.1. The van der Waals surface area contributed by atoms with Gasteiger partial charge in [0.2, 0.25) is 0 Å². The summed E-state index contributed by atoms with van der Waals surface area (Å²) in [6.45, 7) is 0. The lowest BCUT2D eigenvalue weighted by Gasteiger charge is -2.29. The zero-order valence-corrected chi connectivity index (χ0v) is 16.8. The molecule has 0 spiro atoms. The maximum atomic E-state index is 14.2. The molecule has 9 heteroatoms. The molecule has 0 atom stereocenters. The molecule has 0 N–H and O–H groups in total. The van der Waals surface area contributed by atoms with Gasteiger partial charge in [0, 0.05) is 16.0 Å². The Bertz CT molecular complexity index is 1310. The fourth-order valence-electron chi connectivity index (χ4n) is 3.48. The molecule has 0 aliphatic rings. The first-order chi connectivity index (χ1) is 14.9. The van der Waals surface area contributed by atoms with Crippen LogP contribution < -0.4 is 4.74 Å². The fraction of sp³-hybridized carbons (Fsp3) is 0.130. The summed E-state index contributed by atoms with van der Waals surface area (Å²) < 4.78 is 97.6. The number of rotatable bonds is 4. The van der Waals surface area contributed by atoms with Crippen LogP contribution in [0.15, 0.2) is 77.7 Å². The van der Waals surface area contributed by atoms with Crippen molar-refractivity contribution in [2.75, 3.05) is 0 Å². The average Bonchev–Trinajstić information content (AvgIpc) is 2.73. The van der Waals surface area contributed by atoms with Crippen molar-refractivity contribution in [2.24, 2.45) is 0 Å². The second kappa shape index (κ2) is 7.58. The Labute approximate surface area is 182 Å². The van der Waals surface area contributed by atoms with Crippen LogP contribution in [0.5, 0.6) is 5.75 Å². The number of hydrogen-bond donors (Lipinski definition) is 1. The first-order valence-corrected chi connectivity index (χ1v) is 9.63. The number of alkyl halides is 7. The van der Waals surface area contributed by atoms with Gasteiger partial charge in [-0.2, -0.15) is 30.7 Å². The van der Waals surface area contributed by atoms with Gasteiger partial charge in [0.25, 0.3) is 0 Å². The quantitative estimate of drug-likeness (QED) is 0.234. The third-order valence-electron chi connectivity index (χ3n) is 5.01. The molecule has 0 aromatic heterocycles. The Morgan fingerprint density at radius 1 is 0.594 bits per heavy atom. The molecule has 0 unspecified atom stereocenters. The molecular weight excluding hydrogens is 457 g/mol. The van der Waals surface area contributed by atoms with Crippen molar-refractivity contribution < 1.29 is 35.5 Å². The molecule has 0 amide bonds. The highest BCUT2D eigenvalue weighted by Gasteiger charge is 2.75. The Hall–Kier alpha value is -2.94. The second-order valence-electron chi connectivity index (χ2n) is 7.03. The van der Waals surface area contributed by atoms with Crippen LogP contribution in [0.1, 0.15) is 0 Å². The maximum Gasteiger partial charge on any atom is 0.474 e. The molecule has 0 bridgehead atoms. The smallest absolute Gasteiger partial charge is 0.427 e. The van der Waals surface area contributed by atoms with E-state index in [-0.39, 0.29) is 11.1 Å². The van der Waals surface area contributed by atoms with E-state index in [1.165, 1.54) is 12.1 Å². The lowest BCUT2D eigenvalue weighted by Crippen LogP contribution is -2.55. The van der Waals surface area contributed by atoms with E-state index in [9.17, 15) is 30.7 Å². The van der Waals surface area contributed by atoms with Crippen molar-refractivity contribution in [1.82, 2.24) is 0 Å². The van der Waals surface area contributed by atoms with Crippen LogP contribution in [0.3, 0.4) is 0 Å². The van der Waals surface area contributed by atoms with E-state index >= 15 is 0 Å². The lowest BCUT2D eigenvalue weighted by atomic mass is 9.93.